The number of hydrogen-bond acceptors (Lipinski definition) is 7. The second-order valence-corrected chi connectivity index (χ2v) is 3.97. The van der Waals surface area contributed by atoms with E-state index < -0.39 is 5.69 Å². The molecule has 19 heavy (non-hydrogen) atoms. The first kappa shape index (κ1) is 12.8. The molecule has 8 heteroatoms. The van der Waals surface area contributed by atoms with Crippen molar-refractivity contribution in [2.45, 2.75) is 6.92 Å². The van der Waals surface area contributed by atoms with Crippen molar-refractivity contribution in [2.24, 2.45) is 5.84 Å². The highest BCUT2D eigenvalue weighted by Gasteiger charge is 2.11. The third-order valence-corrected chi connectivity index (χ3v) is 2.51. The first-order valence-electron chi connectivity index (χ1n) is 5.38. The zero-order valence-corrected chi connectivity index (χ0v) is 10.4. The number of phenols is 2. The van der Waals surface area contributed by atoms with Gasteiger partial charge in [-0.3, -0.25) is 5.01 Å². The summed E-state index contributed by atoms with van der Waals surface area (Å²) in [5.41, 5.74) is -0.228. The van der Waals surface area contributed by atoms with Crippen molar-refractivity contribution in [2.75, 3.05) is 12.1 Å². The van der Waals surface area contributed by atoms with Gasteiger partial charge in [-0.2, -0.15) is 9.97 Å². The van der Waals surface area contributed by atoms with Gasteiger partial charge < -0.3 is 10.2 Å². The van der Waals surface area contributed by atoms with E-state index in [0.29, 0.717) is 11.5 Å². The van der Waals surface area contributed by atoms with E-state index in [9.17, 15) is 15.0 Å². The van der Waals surface area contributed by atoms with Gasteiger partial charge in [0.2, 0.25) is 5.95 Å². The SMILES string of the molecule is Cc1nc(N(C)N)nc(=O)n1-c1ccc(O)c(O)c1. The zero-order valence-electron chi connectivity index (χ0n) is 10.4. The van der Waals surface area contributed by atoms with Crippen LogP contribution in [-0.2, 0) is 0 Å². The van der Waals surface area contributed by atoms with Gasteiger partial charge in [-0.1, -0.05) is 0 Å². The van der Waals surface area contributed by atoms with Crippen LogP contribution in [0.2, 0.25) is 0 Å². The van der Waals surface area contributed by atoms with Gasteiger partial charge in [0.25, 0.3) is 0 Å². The smallest absolute Gasteiger partial charge is 0.356 e. The maximum atomic E-state index is 11.9. The molecule has 4 N–H and O–H groups in total. The lowest BCUT2D eigenvalue weighted by atomic mass is 10.2. The molecule has 0 unspecified atom stereocenters. The van der Waals surface area contributed by atoms with Gasteiger partial charge in [0, 0.05) is 13.1 Å². The number of rotatable bonds is 2. The Kier molecular flexibility index (Phi) is 3.09. The number of benzene rings is 1. The monoisotopic (exact) mass is 263 g/mol. The Bertz CT molecular complexity index is 681. The van der Waals surface area contributed by atoms with Crippen LogP contribution in [0.5, 0.6) is 11.5 Å². The normalized spacial score (nSPS) is 10.5. The van der Waals surface area contributed by atoms with E-state index in [1.54, 1.807) is 6.92 Å². The number of hydrogen-bond donors (Lipinski definition) is 3. The van der Waals surface area contributed by atoms with E-state index in [0.717, 1.165) is 5.01 Å². The van der Waals surface area contributed by atoms with Crippen LogP contribution in [0.4, 0.5) is 5.95 Å². The number of nitrogens with two attached hydrogens (primary N) is 1. The van der Waals surface area contributed by atoms with Crippen LogP contribution < -0.4 is 16.5 Å². The summed E-state index contributed by atoms with van der Waals surface area (Å²) in [5.74, 6) is 5.33. The van der Waals surface area contributed by atoms with Crippen molar-refractivity contribution in [3.63, 3.8) is 0 Å². The number of aromatic nitrogens is 3. The van der Waals surface area contributed by atoms with Gasteiger partial charge >= 0.3 is 5.69 Å². The molecule has 0 fully saturated rings. The predicted molar refractivity (Wildman–Crippen MR) is 68.3 cm³/mol. The Balaban J connectivity index is 2.63. The largest absolute Gasteiger partial charge is 0.504 e. The first-order chi connectivity index (χ1) is 8.90. The number of hydrazine groups is 1. The fourth-order valence-electron chi connectivity index (χ4n) is 1.60. The Morgan fingerprint density at radius 2 is 1.95 bits per heavy atom. The van der Waals surface area contributed by atoms with E-state index >= 15 is 0 Å². The summed E-state index contributed by atoms with van der Waals surface area (Å²) in [6.07, 6.45) is 0. The fraction of sp³-hybridized carbons (Fsp3) is 0.182. The molecule has 0 spiro atoms. The highest BCUT2D eigenvalue weighted by atomic mass is 16.3. The minimum absolute atomic E-state index is 0.0988. The maximum absolute atomic E-state index is 11.9. The summed E-state index contributed by atoms with van der Waals surface area (Å²) in [5, 5.41) is 19.8. The van der Waals surface area contributed by atoms with E-state index in [4.69, 9.17) is 5.84 Å². The number of phenolic OH excluding ortho intramolecular Hbond substituents is 2. The van der Waals surface area contributed by atoms with E-state index in [1.165, 1.54) is 29.8 Å². The minimum atomic E-state index is -0.579. The molecule has 0 amide bonds. The topological polar surface area (TPSA) is 118 Å². The summed E-state index contributed by atoms with van der Waals surface area (Å²) in [4.78, 5) is 19.7. The molecule has 0 aliphatic heterocycles. The van der Waals surface area contributed by atoms with Gasteiger partial charge in [0.1, 0.15) is 5.82 Å². The third-order valence-electron chi connectivity index (χ3n) is 2.51. The van der Waals surface area contributed by atoms with Crippen LogP contribution in [0.25, 0.3) is 5.69 Å². The lowest BCUT2D eigenvalue weighted by Crippen LogP contribution is -2.33. The lowest BCUT2D eigenvalue weighted by molar-refractivity contribution is 0.403. The molecule has 0 aliphatic rings. The Labute approximate surface area is 108 Å². The van der Waals surface area contributed by atoms with Crippen molar-refractivity contribution in [3.05, 3.63) is 34.5 Å². The molecule has 1 heterocycles. The second kappa shape index (κ2) is 4.58. The molecule has 0 saturated carbocycles. The Morgan fingerprint density at radius 3 is 2.47 bits per heavy atom. The maximum Gasteiger partial charge on any atom is 0.356 e. The van der Waals surface area contributed by atoms with Crippen LogP contribution in [0.1, 0.15) is 5.82 Å². The number of aromatic hydroxyl groups is 2. The average Bonchev–Trinajstić information content (AvgIpc) is 2.32. The molecule has 2 aromatic rings. The summed E-state index contributed by atoms with van der Waals surface area (Å²) in [6, 6.07) is 4.00. The quantitative estimate of drug-likeness (QED) is 0.385. The molecular formula is C11H13N5O3. The zero-order chi connectivity index (χ0) is 14.2. The summed E-state index contributed by atoms with van der Waals surface area (Å²) in [6.45, 7) is 1.61. The lowest BCUT2D eigenvalue weighted by Gasteiger charge is -2.13. The highest BCUT2D eigenvalue weighted by molar-refractivity contribution is 5.47. The van der Waals surface area contributed by atoms with Gasteiger partial charge in [0.15, 0.2) is 11.5 Å². The Morgan fingerprint density at radius 1 is 1.26 bits per heavy atom. The van der Waals surface area contributed by atoms with Crippen LogP contribution in [0.3, 0.4) is 0 Å². The van der Waals surface area contributed by atoms with Crippen LogP contribution in [0.15, 0.2) is 23.0 Å². The van der Waals surface area contributed by atoms with E-state index in [-0.39, 0.29) is 17.4 Å². The number of aryl methyl sites for hydroxylation is 1. The summed E-state index contributed by atoms with van der Waals surface area (Å²) in [7, 11) is 1.52. The second-order valence-electron chi connectivity index (χ2n) is 3.97. The summed E-state index contributed by atoms with van der Waals surface area (Å²) < 4.78 is 1.20. The summed E-state index contributed by atoms with van der Waals surface area (Å²) >= 11 is 0. The first-order valence-corrected chi connectivity index (χ1v) is 5.38. The van der Waals surface area contributed by atoms with Crippen LogP contribution in [0, 0.1) is 6.92 Å². The average molecular weight is 263 g/mol. The molecule has 0 saturated heterocycles. The van der Waals surface area contributed by atoms with Crippen LogP contribution in [-0.4, -0.2) is 31.8 Å². The van der Waals surface area contributed by atoms with E-state index in [1.807, 2.05) is 0 Å². The van der Waals surface area contributed by atoms with Crippen molar-refractivity contribution < 1.29 is 10.2 Å². The number of nitrogens with zero attached hydrogens (tertiary/aromatic N) is 4. The molecule has 1 aromatic heterocycles. The van der Waals surface area contributed by atoms with Crippen molar-refractivity contribution in [3.8, 4) is 17.2 Å². The molecule has 100 valence electrons. The molecule has 8 nitrogen and oxygen atoms in total. The molecule has 0 radical (unpaired) electrons. The van der Waals surface area contributed by atoms with Crippen molar-refractivity contribution in [1.29, 1.82) is 0 Å². The molecular weight excluding hydrogens is 250 g/mol. The van der Waals surface area contributed by atoms with E-state index in [2.05, 4.69) is 9.97 Å². The fourth-order valence-corrected chi connectivity index (χ4v) is 1.60. The minimum Gasteiger partial charge on any atom is -0.504 e. The standard InChI is InChI=1S/C11H13N5O3/c1-6-13-10(15(2)12)14-11(19)16(6)7-3-4-8(17)9(18)5-7/h3-5,17-18H,12H2,1-2H3. The molecule has 2 rings (SSSR count). The van der Waals surface area contributed by atoms with Gasteiger partial charge in [0.05, 0.1) is 5.69 Å². The third kappa shape index (κ3) is 2.33. The van der Waals surface area contributed by atoms with Crippen molar-refractivity contribution in [1.82, 2.24) is 14.5 Å². The van der Waals surface area contributed by atoms with Crippen LogP contribution >= 0.6 is 0 Å². The Hall–Kier alpha value is -2.61. The molecule has 0 aliphatic carbocycles. The number of anilines is 1. The van der Waals surface area contributed by atoms with Gasteiger partial charge in [-0.05, 0) is 19.1 Å². The molecule has 0 bridgehead atoms. The van der Waals surface area contributed by atoms with Gasteiger partial charge in [-0.25, -0.2) is 15.2 Å². The predicted octanol–water partition coefficient (Wildman–Crippen LogP) is -0.343. The van der Waals surface area contributed by atoms with Gasteiger partial charge in [-0.15, -0.1) is 0 Å². The molecule has 0 atom stereocenters. The highest BCUT2D eigenvalue weighted by Crippen LogP contribution is 2.26. The molecule has 1 aromatic carbocycles. The van der Waals surface area contributed by atoms with Crippen molar-refractivity contribution >= 4 is 5.95 Å².